The number of hydrogen-bond acceptors (Lipinski definition) is 0. The first-order valence-corrected chi connectivity index (χ1v) is 4.54. The van der Waals surface area contributed by atoms with Crippen LogP contribution in [0.2, 0.25) is 0 Å². The molecule has 0 atom stereocenters. The minimum Gasteiger partial charge on any atom is -0.239 e. The fourth-order valence-electron chi connectivity index (χ4n) is 1.74. The van der Waals surface area contributed by atoms with E-state index in [1.54, 1.807) is 0 Å². The summed E-state index contributed by atoms with van der Waals surface area (Å²) in [5.74, 6) is 0. The molecule has 0 fully saturated rings. The topological polar surface area (TPSA) is 8.29 Å². The highest BCUT2D eigenvalue weighted by Gasteiger charge is 2.10. The Hall–Kier alpha value is -1.31. The lowest BCUT2D eigenvalue weighted by molar-refractivity contribution is -0.670. The summed E-state index contributed by atoms with van der Waals surface area (Å²) in [7, 11) is 2.05. The average molecular weight is 175 g/mol. The second kappa shape index (κ2) is 2.59. The molecule has 0 aliphatic heterocycles. The number of nitrogens with zero attached hydrogens (tertiary/aromatic N) is 2. The summed E-state index contributed by atoms with van der Waals surface area (Å²) in [5.41, 5.74) is 5.34. The third-order valence-corrected chi connectivity index (χ3v) is 2.77. The molecule has 0 saturated carbocycles. The SMILES string of the molecule is Cc1cc2c[n+](C)cn2c(C)c1C. The van der Waals surface area contributed by atoms with E-state index >= 15 is 0 Å². The number of pyridine rings is 1. The van der Waals surface area contributed by atoms with Crippen LogP contribution < -0.4 is 4.57 Å². The van der Waals surface area contributed by atoms with Crippen molar-refractivity contribution in [3.05, 3.63) is 35.4 Å². The first-order chi connectivity index (χ1) is 6.09. The van der Waals surface area contributed by atoms with Gasteiger partial charge >= 0.3 is 0 Å². The molecule has 0 radical (unpaired) electrons. The zero-order valence-corrected chi connectivity index (χ0v) is 8.63. The Morgan fingerprint density at radius 2 is 1.92 bits per heavy atom. The Kier molecular flexibility index (Phi) is 1.65. The fourth-order valence-corrected chi connectivity index (χ4v) is 1.74. The van der Waals surface area contributed by atoms with Crippen LogP contribution in [-0.4, -0.2) is 4.40 Å². The molecule has 0 bridgehead atoms. The van der Waals surface area contributed by atoms with Crippen molar-refractivity contribution >= 4 is 5.52 Å². The van der Waals surface area contributed by atoms with Gasteiger partial charge in [0.15, 0.2) is 5.52 Å². The van der Waals surface area contributed by atoms with Crippen LogP contribution in [-0.2, 0) is 7.05 Å². The molecule has 13 heavy (non-hydrogen) atoms. The van der Waals surface area contributed by atoms with Gasteiger partial charge in [0.05, 0.1) is 7.05 Å². The molecule has 0 N–H and O–H groups in total. The molecule has 0 amide bonds. The maximum absolute atomic E-state index is 2.22. The van der Waals surface area contributed by atoms with E-state index in [1.165, 1.54) is 22.3 Å². The quantitative estimate of drug-likeness (QED) is 0.538. The molecule has 2 rings (SSSR count). The van der Waals surface area contributed by atoms with Crippen LogP contribution >= 0.6 is 0 Å². The fraction of sp³-hybridized carbons (Fsp3) is 0.364. The van der Waals surface area contributed by atoms with Crippen LogP contribution in [0.1, 0.15) is 16.8 Å². The molecular formula is C11H15N2+. The van der Waals surface area contributed by atoms with E-state index < -0.39 is 0 Å². The van der Waals surface area contributed by atoms with Gasteiger partial charge in [0, 0.05) is 0 Å². The minimum absolute atomic E-state index is 1.27. The molecule has 2 aromatic heterocycles. The highest BCUT2D eigenvalue weighted by atomic mass is 15.1. The van der Waals surface area contributed by atoms with Gasteiger partial charge in [-0.2, -0.15) is 4.40 Å². The Morgan fingerprint density at radius 3 is 2.62 bits per heavy atom. The highest BCUT2D eigenvalue weighted by molar-refractivity contribution is 5.50. The molecule has 2 aromatic rings. The molecule has 2 heterocycles. The van der Waals surface area contributed by atoms with Crippen molar-refractivity contribution in [3.63, 3.8) is 0 Å². The minimum atomic E-state index is 1.27. The van der Waals surface area contributed by atoms with E-state index in [-0.39, 0.29) is 0 Å². The molecule has 2 heteroatoms. The molecule has 0 spiro atoms. The first kappa shape index (κ1) is 8.30. The molecule has 0 aromatic carbocycles. The zero-order chi connectivity index (χ0) is 9.59. The van der Waals surface area contributed by atoms with E-state index in [1.807, 2.05) is 0 Å². The van der Waals surface area contributed by atoms with Gasteiger partial charge in [-0.1, -0.05) is 0 Å². The first-order valence-electron chi connectivity index (χ1n) is 4.54. The number of imidazole rings is 1. The third-order valence-electron chi connectivity index (χ3n) is 2.77. The molecule has 68 valence electrons. The molecule has 0 aliphatic rings. The second-order valence-corrected chi connectivity index (χ2v) is 3.74. The van der Waals surface area contributed by atoms with Crippen molar-refractivity contribution < 1.29 is 4.57 Å². The Labute approximate surface area is 78.4 Å². The van der Waals surface area contributed by atoms with Gasteiger partial charge in [-0.3, -0.25) is 0 Å². The lowest BCUT2D eigenvalue weighted by atomic mass is 10.1. The average Bonchev–Trinajstić information content (AvgIpc) is 2.42. The maximum Gasteiger partial charge on any atom is 0.248 e. The van der Waals surface area contributed by atoms with Gasteiger partial charge in [-0.05, 0) is 38.0 Å². The summed E-state index contributed by atoms with van der Waals surface area (Å²) < 4.78 is 4.31. The van der Waals surface area contributed by atoms with Gasteiger partial charge in [0.2, 0.25) is 6.33 Å². The predicted octanol–water partition coefficient (Wildman–Crippen LogP) is 1.69. The highest BCUT2D eigenvalue weighted by Crippen LogP contribution is 2.15. The number of aryl methyl sites for hydroxylation is 3. The lowest BCUT2D eigenvalue weighted by Crippen LogP contribution is -2.23. The van der Waals surface area contributed by atoms with Crippen molar-refractivity contribution in [1.29, 1.82) is 0 Å². The van der Waals surface area contributed by atoms with Gasteiger partial charge in [-0.25, -0.2) is 4.57 Å². The van der Waals surface area contributed by atoms with Crippen LogP contribution in [0.3, 0.4) is 0 Å². The van der Waals surface area contributed by atoms with E-state index in [2.05, 4.69) is 55.4 Å². The van der Waals surface area contributed by atoms with Crippen molar-refractivity contribution in [2.75, 3.05) is 0 Å². The van der Waals surface area contributed by atoms with Crippen LogP contribution in [0.5, 0.6) is 0 Å². The van der Waals surface area contributed by atoms with Crippen LogP contribution in [0.4, 0.5) is 0 Å². The Balaban J connectivity index is 2.92. The molecule has 2 nitrogen and oxygen atoms in total. The number of rotatable bonds is 0. The molecule has 0 unspecified atom stereocenters. The summed E-state index contributed by atoms with van der Waals surface area (Å²) in [6.45, 7) is 6.49. The van der Waals surface area contributed by atoms with Gasteiger partial charge in [0.25, 0.3) is 0 Å². The van der Waals surface area contributed by atoms with E-state index in [0.29, 0.717) is 0 Å². The van der Waals surface area contributed by atoms with Crippen molar-refractivity contribution in [2.24, 2.45) is 7.05 Å². The standard InChI is InChI=1S/C11H15N2/c1-8-5-11-6-12(4)7-13(11)10(3)9(8)2/h5-7H,1-4H3/q+1. The van der Waals surface area contributed by atoms with Crippen LogP contribution in [0.25, 0.3) is 5.52 Å². The summed E-state index contributed by atoms with van der Waals surface area (Å²) in [6, 6.07) is 2.22. The van der Waals surface area contributed by atoms with Gasteiger partial charge < -0.3 is 0 Å². The number of fused-ring (bicyclic) bond motifs is 1. The Bertz CT molecular complexity index is 466. The lowest BCUT2D eigenvalue weighted by Gasteiger charge is -2.01. The van der Waals surface area contributed by atoms with Crippen LogP contribution in [0, 0.1) is 20.8 Å². The summed E-state index contributed by atoms with van der Waals surface area (Å²) in [6.07, 6.45) is 4.25. The van der Waals surface area contributed by atoms with Crippen molar-refractivity contribution in [2.45, 2.75) is 20.8 Å². The largest absolute Gasteiger partial charge is 0.248 e. The molecule has 0 aliphatic carbocycles. The predicted molar refractivity (Wildman–Crippen MR) is 52.8 cm³/mol. The third kappa shape index (κ3) is 1.13. The van der Waals surface area contributed by atoms with E-state index in [9.17, 15) is 0 Å². The zero-order valence-electron chi connectivity index (χ0n) is 8.63. The second-order valence-electron chi connectivity index (χ2n) is 3.74. The number of hydrogen-bond donors (Lipinski definition) is 0. The van der Waals surface area contributed by atoms with Crippen LogP contribution in [0.15, 0.2) is 18.6 Å². The summed E-state index contributed by atoms with van der Waals surface area (Å²) >= 11 is 0. The summed E-state index contributed by atoms with van der Waals surface area (Å²) in [5, 5.41) is 0. The normalized spacial score (nSPS) is 11.1. The van der Waals surface area contributed by atoms with Crippen molar-refractivity contribution in [3.8, 4) is 0 Å². The van der Waals surface area contributed by atoms with E-state index in [0.717, 1.165) is 0 Å². The molecular weight excluding hydrogens is 160 g/mol. The van der Waals surface area contributed by atoms with Crippen molar-refractivity contribution in [1.82, 2.24) is 4.40 Å². The summed E-state index contributed by atoms with van der Waals surface area (Å²) in [4.78, 5) is 0. The van der Waals surface area contributed by atoms with Gasteiger partial charge in [0.1, 0.15) is 11.9 Å². The Morgan fingerprint density at radius 1 is 1.23 bits per heavy atom. The smallest absolute Gasteiger partial charge is 0.239 e. The molecule has 0 saturated heterocycles. The maximum atomic E-state index is 2.22. The van der Waals surface area contributed by atoms with Gasteiger partial charge in [-0.15, -0.1) is 0 Å². The van der Waals surface area contributed by atoms with E-state index in [4.69, 9.17) is 0 Å². The monoisotopic (exact) mass is 175 g/mol. The number of aromatic nitrogens is 2.